The van der Waals surface area contributed by atoms with Crippen LogP contribution in [0.25, 0.3) is 0 Å². The van der Waals surface area contributed by atoms with E-state index in [-0.39, 0.29) is 29.5 Å². The van der Waals surface area contributed by atoms with Crippen LogP contribution >= 0.6 is 7.92 Å². The Bertz CT molecular complexity index is 618. The molecule has 0 bridgehead atoms. The molecule has 1 aromatic carbocycles. The summed E-state index contributed by atoms with van der Waals surface area (Å²) in [4.78, 5) is 4.21. The van der Waals surface area contributed by atoms with Gasteiger partial charge in [-0.05, 0) is 11.5 Å². The Kier molecular flexibility index (Phi) is 4.92. The van der Waals surface area contributed by atoms with Crippen LogP contribution in [0.5, 0.6) is 0 Å². The van der Waals surface area contributed by atoms with Gasteiger partial charge in [-0.3, -0.25) is 0 Å². The zero-order chi connectivity index (χ0) is 18.3. The van der Waals surface area contributed by atoms with E-state index >= 15 is 0 Å². The summed E-state index contributed by atoms with van der Waals surface area (Å²) in [7, 11) is -4.38. The van der Waals surface area contributed by atoms with Crippen molar-refractivity contribution >= 4 is 19.1 Å². The van der Waals surface area contributed by atoms with Crippen LogP contribution in [-0.2, 0) is 4.74 Å². The highest BCUT2D eigenvalue weighted by molar-refractivity contribution is 7.67. The van der Waals surface area contributed by atoms with E-state index in [4.69, 9.17) is 4.74 Å². The second-order valence-corrected chi connectivity index (χ2v) is 8.58. The van der Waals surface area contributed by atoms with Gasteiger partial charge in [0.15, 0.2) is 0 Å². The van der Waals surface area contributed by atoms with Crippen molar-refractivity contribution < 1.29 is 31.1 Å². The molecule has 0 aromatic heterocycles. The van der Waals surface area contributed by atoms with E-state index in [0.717, 1.165) is 12.1 Å². The second-order valence-electron chi connectivity index (χ2n) is 6.42. The first-order valence-corrected chi connectivity index (χ1v) is 8.40. The van der Waals surface area contributed by atoms with Crippen LogP contribution < -0.4 is 5.30 Å². The SMILES string of the molecule is CC(C)(C)[C@H]1COC(c2ccccc2P(C(F)(F)F)C(F)(F)F)=N1. The lowest BCUT2D eigenvalue weighted by molar-refractivity contribution is -0.0811. The van der Waals surface area contributed by atoms with E-state index < -0.39 is 25.1 Å². The standard InChI is InChI=1S/C15H16F6NOP/c1-13(2,3)11-8-23-12(22-11)9-6-4-5-7-10(9)24(14(16,17)18)15(19,20)21/h4-7,11H,8H2,1-3H3/t11-/m1/s1. The molecule has 0 saturated heterocycles. The Morgan fingerprint density at radius 3 is 2.00 bits per heavy atom. The van der Waals surface area contributed by atoms with E-state index in [1.165, 1.54) is 12.1 Å². The number of hydrogen-bond donors (Lipinski definition) is 0. The molecule has 1 aliphatic heterocycles. The number of aliphatic imine (C=N–C) groups is 1. The third-order valence-electron chi connectivity index (χ3n) is 3.53. The summed E-state index contributed by atoms with van der Waals surface area (Å²) in [5.41, 5.74) is -0.555. The fourth-order valence-corrected chi connectivity index (χ4v) is 3.71. The zero-order valence-corrected chi connectivity index (χ0v) is 14.1. The number of benzene rings is 1. The lowest BCUT2D eigenvalue weighted by atomic mass is 9.88. The van der Waals surface area contributed by atoms with Gasteiger partial charge in [0.05, 0.1) is 6.04 Å². The van der Waals surface area contributed by atoms with Crippen LogP contribution in [0, 0.1) is 5.41 Å². The Balaban J connectivity index is 2.52. The number of halogens is 6. The van der Waals surface area contributed by atoms with E-state index in [1.807, 2.05) is 20.8 Å². The molecule has 0 amide bonds. The topological polar surface area (TPSA) is 21.6 Å². The minimum Gasteiger partial charge on any atom is -0.475 e. The Morgan fingerprint density at radius 2 is 1.54 bits per heavy atom. The maximum absolute atomic E-state index is 13.1. The largest absolute Gasteiger partial charge is 0.475 e. The maximum Gasteiger partial charge on any atom is 0.418 e. The first-order valence-electron chi connectivity index (χ1n) is 7.05. The van der Waals surface area contributed by atoms with E-state index in [9.17, 15) is 26.3 Å². The highest BCUT2D eigenvalue weighted by Gasteiger charge is 2.58. The third kappa shape index (κ3) is 4.02. The molecule has 1 heterocycles. The molecule has 24 heavy (non-hydrogen) atoms. The predicted molar refractivity (Wildman–Crippen MR) is 80.8 cm³/mol. The molecule has 2 rings (SSSR count). The van der Waals surface area contributed by atoms with Crippen LogP contribution in [0.3, 0.4) is 0 Å². The van der Waals surface area contributed by atoms with Gasteiger partial charge >= 0.3 is 11.8 Å². The van der Waals surface area contributed by atoms with Crippen LogP contribution in [0.4, 0.5) is 26.3 Å². The summed E-state index contributed by atoms with van der Waals surface area (Å²) < 4.78 is 83.7. The van der Waals surface area contributed by atoms with Crippen molar-refractivity contribution in [1.82, 2.24) is 0 Å². The molecule has 1 aromatic rings. The molecule has 0 N–H and O–H groups in total. The molecule has 1 atom stereocenters. The van der Waals surface area contributed by atoms with Crippen molar-refractivity contribution in [2.75, 3.05) is 6.61 Å². The summed E-state index contributed by atoms with van der Waals surface area (Å²) in [5, 5.41) is -0.833. The molecule has 0 fully saturated rings. The van der Waals surface area contributed by atoms with Crippen LogP contribution in [0.1, 0.15) is 26.3 Å². The van der Waals surface area contributed by atoms with Crippen molar-refractivity contribution in [2.24, 2.45) is 10.4 Å². The van der Waals surface area contributed by atoms with Gasteiger partial charge in [-0.15, -0.1) is 0 Å². The normalized spacial score (nSPS) is 19.4. The smallest absolute Gasteiger partial charge is 0.418 e. The maximum atomic E-state index is 13.1. The van der Waals surface area contributed by atoms with Gasteiger partial charge < -0.3 is 4.74 Å². The summed E-state index contributed by atoms with van der Waals surface area (Å²) in [6.45, 7) is 5.75. The number of hydrogen-bond acceptors (Lipinski definition) is 2. The lowest BCUT2D eigenvalue weighted by Gasteiger charge is -2.24. The summed E-state index contributed by atoms with van der Waals surface area (Å²) in [6, 6.07) is 4.23. The monoisotopic (exact) mass is 371 g/mol. The predicted octanol–water partition coefficient (Wildman–Crippen LogP) is 5.02. The Labute approximate surface area is 136 Å². The first-order chi connectivity index (χ1) is 10.8. The Morgan fingerprint density at radius 1 is 1.00 bits per heavy atom. The van der Waals surface area contributed by atoms with Gasteiger partial charge in [0, 0.05) is 10.9 Å². The van der Waals surface area contributed by atoms with Crippen molar-refractivity contribution in [3.8, 4) is 0 Å². The molecule has 0 spiro atoms. The number of rotatable bonds is 2. The number of nitrogens with zero attached hydrogens (tertiary/aromatic N) is 1. The average molecular weight is 371 g/mol. The molecule has 0 unspecified atom stereocenters. The van der Waals surface area contributed by atoms with Gasteiger partial charge in [0.1, 0.15) is 14.5 Å². The molecule has 1 aliphatic rings. The van der Waals surface area contributed by atoms with Crippen molar-refractivity contribution in [1.29, 1.82) is 0 Å². The van der Waals surface area contributed by atoms with E-state index in [0.29, 0.717) is 0 Å². The number of alkyl halides is 6. The molecule has 9 heteroatoms. The molecular formula is C15H16F6NOP. The van der Waals surface area contributed by atoms with Crippen LogP contribution in [0.2, 0.25) is 0 Å². The highest BCUT2D eigenvalue weighted by atomic mass is 31.1. The van der Waals surface area contributed by atoms with Gasteiger partial charge in [0.2, 0.25) is 5.90 Å². The zero-order valence-electron chi connectivity index (χ0n) is 13.2. The van der Waals surface area contributed by atoms with E-state index in [1.54, 1.807) is 0 Å². The molecule has 0 aliphatic carbocycles. The summed E-state index contributed by atoms with van der Waals surface area (Å²) >= 11 is 0. The average Bonchev–Trinajstić information content (AvgIpc) is 2.85. The quantitative estimate of drug-likeness (QED) is 0.528. The second kappa shape index (κ2) is 6.21. The molecular weight excluding hydrogens is 355 g/mol. The molecule has 2 nitrogen and oxygen atoms in total. The van der Waals surface area contributed by atoms with Gasteiger partial charge in [-0.2, -0.15) is 26.3 Å². The first kappa shape index (κ1) is 19.0. The number of ether oxygens (including phenoxy) is 1. The van der Waals surface area contributed by atoms with Gasteiger partial charge in [-0.25, -0.2) is 4.99 Å². The van der Waals surface area contributed by atoms with Gasteiger partial charge in [0.25, 0.3) is 0 Å². The third-order valence-corrected chi connectivity index (χ3v) is 5.42. The van der Waals surface area contributed by atoms with Crippen LogP contribution in [-0.4, -0.2) is 30.4 Å². The van der Waals surface area contributed by atoms with Crippen molar-refractivity contribution in [3.05, 3.63) is 29.8 Å². The highest BCUT2D eigenvalue weighted by Crippen LogP contribution is 2.63. The fourth-order valence-electron chi connectivity index (χ4n) is 2.23. The fraction of sp³-hybridized carbons (Fsp3) is 0.533. The minimum absolute atomic E-state index is 0.128. The van der Waals surface area contributed by atoms with Crippen molar-refractivity contribution in [3.63, 3.8) is 0 Å². The van der Waals surface area contributed by atoms with E-state index in [2.05, 4.69) is 4.99 Å². The molecule has 134 valence electrons. The summed E-state index contributed by atoms with van der Waals surface area (Å²) in [6.07, 6.45) is 0. The lowest BCUT2D eigenvalue weighted by Crippen LogP contribution is -2.29. The molecule has 0 saturated carbocycles. The molecule has 0 radical (unpaired) electrons. The minimum atomic E-state index is -5.40. The Hall–Kier alpha value is -1.30. The van der Waals surface area contributed by atoms with Gasteiger partial charge in [-0.1, -0.05) is 39.0 Å². The van der Waals surface area contributed by atoms with Crippen LogP contribution in [0.15, 0.2) is 29.3 Å². The van der Waals surface area contributed by atoms with Crippen molar-refractivity contribution in [2.45, 2.75) is 38.6 Å². The summed E-state index contributed by atoms with van der Waals surface area (Å²) in [5.74, 6) is -11.0.